The third-order valence-electron chi connectivity index (χ3n) is 2.15. The van der Waals surface area contributed by atoms with Crippen molar-refractivity contribution in [1.82, 2.24) is 15.1 Å². The van der Waals surface area contributed by atoms with Gasteiger partial charge < -0.3 is 15.4 Å². The molecule has 0 bridgehead atoms. The van der Waals surface area contributed by atoms with Crippen LogP contribution in [-0.4, -0.2) is 27.2 Å². The average molecular weight is 238 g/mol. The lowest BCUT2D eigenvalue weighted by Gasteiger charge is -2.01. The van der Waals surface area contributed by atoms with Crippen molar-refractivity contribution in [3.8, 4) is 0 Å². The molecule has 0 saturated heterocycles. The van der Waals surface area contributed by atoms with Gasteiger partial charge >= 0.3 is 5.82 Å². The van der Waals surface area contributed by atoms with Crippen LogP contribution in [0.4, 0.5) is 5.82 Å². The van der Waals surface area contributed by atoms with Gasteiger partial charge in [-0.2, -0.15) is 4.68 Å². The summed E-state index contributed by atoms with van der Waals surface area (Å²) in [6, 6.07) is 1.38. The van der Waals surface area contributed by atoms with E-state index >= 15 is 0 Å². The van der Waals surface area contributed by atoms with Crippen LogP contribution in [-0.2, 0) is 11.3 Å². The Hall–Kier alpha value is -2.18. The number of rotatable bonds is 6. The molecule has 0 fully saturated rings. The quantitative estimate of drug-likeness (QED) is 0.450. The van der Waals surface area contributed by atoms with E-state index in [1.165, 1.54) is 10.7 Å². The van der Waals surface area contributed by atoms with Crippen LogP contribution < -0.4 is 5.32 Å². The molecule has 1 heterocycles. The molecule has 7 heteroatoms. The van der Waals surface area contributed by atoms with E-state index in [0.717, 1.165) is 0 Å². The molecule has 0 saturated carbocycles. The zero-order valence-corrected chi connectivity index (χ0v) is 9.55. The van der Waals surface area contributed by atoms with Gasteiger partial charge in [0.2, 0.25) is 5.91 Å². The number of carbonyl (C=O) groups is 1. The predicted molar refractivity (Wildman–Crippen MR) is 61.4 cm³/mol. The van der Waals surface area contributed by atoms with E-state index < -0.39 is 4.92 Å². The summed E-state index contributed by atoms with van der Waals surface area (Å²) in [5, 5.41) is 16.9. The number of amides is 1. The third-order valence-corrected chi connectivity index (χ3v) is 2.15. The standard InChI is InChI=1S/C10H14N4O3/c1-3-5-11-10(15)4-6-13-8(2)7-9(12-13)14(16)17/h3,7H,1,4-6H2,2H3,(H,11,15). The van der Waals surface area contributed by atoms with E-state index in [1.54, 1.807) is 13.0 Å². The Morgan fingerprint density at radius 2 is 2.47 bits per heavy atom. The molecular formula is C10H14N4O3. The van der Waals surface area contributed by atoms with E-state index in [9.17, 15) is 14.9 Å². The molecule has 0 aromatic carbocycles. The Morgan fingerprint density at radius 1 is 1.76 bits per heavy atom. The minimum atomic E-state index is -0.554. The van der Waals surface area contributed by atoms with E-state index in [4.69, 9.17) is 0 Å². The SMILES string of the molecule is C=CCNC(=O)CCn1nc([N+](=O)[O-])cc1C. The molecule has 1 amide bonds. The van der Waals surface area contributed by atoms with Crippen molar-refractivity contribution in [2.45, 2.75) is 19.9 Å². The van der Waals surface area contributed by atoms with Crippen LogP contribution in [0.15, 0.2) is 18.7 Å². The fourth-order valence-electron chi connectivity index (χ4n) is 1.29. The van der Waals surface area contributed by atoms with Gasteiger partial charge in [0.15, 0.2) is 0 Å². The van der Waals surface area contributed by atoms with Crippen LogP contribution >= 0.6 is 0 Å². The Morgan fingerprint density at radius 3 is 3.00 bits per heavy atom. The molecule has 1 rings (SSSR count). The normalized spacial score (nSPS) is 9.94. The van der Waals surface area contributed by atoms with Crippen molar-refractivity contribution in [3.63, 3.8) is 0 Å². The second-order valence-corrected chi connectivity index (χ2v) is 3.47. The first-order valence-electron chi connectivity index (χ1n) is 5.11. The lowest BCUT2D eigenvalue weighted by Crippen LogP contribution is -2.24. The summed E-state index contributed by atoms with van der Waals surface area (Å²) in [6.45, 7) is 5.93. The van der Waals surface area contributed by atoms with Crippen molar-refractivity contribution in [3.05, 3.63) is 34.5 Å². The molecule has 17 heavy (non-hydrogen) atoms. The number of aryl methyl sites for hydroxylation is 2. The lowest BCUT2D eigenvalue weighted by molar-refractivity contribution is -0.389. The molecule has 1 N–H and O–H groups in total. The van der Waals surface area contributed by atoms with Crippen molar-refractivity contribution in [2.24, 2.45) is 0 Å². The predicted octanol–water partition coefficient (Wildman–Crippen LogP) is 0.792. The number of aromatic nitrogens is 2. The molecule has 92 valence electrons. The Kier molecular flexibility index (Phi) is 4.38. The fourth-order valence-corrected chi connectivity index (χ4v) is 1.29. The fraction of sp³-hybridized carbons (Fsp3) is 0.400. The molecule has 0 spiro atoms. The maximum Gasteiger partial charge on any atom is 0.390 e. The highest BCUT2D eigenvalue weighted by Gasteiger charge is 2.15. The molecule has 0 unspecified atom stereocenters. The summed E-state index contributed by atoms with van der Waals surface area (Å²) in [5.41, 5.74) is 0.660. The van der Waals surface area contributed by atoms with Crippen LogP contribution in [0.3, 0.4) is 0 Å². The molecule has 1 aromatic heterocycles. The monoisotopic (exact) mass is 238 g/mol. The molecule has 0 radical (unpaired) electrons. The number of nitrogens with one attached hydrogen (secondary N) is 1. The Labute approximate surface area is 98.3 Å². The summed E-state index contributed by atoms with van der Waals surface area (Å²) in [5.74, 6) is -0.337. The summed E-state index contributed by atoms with van der Waals surface area (Å²) in [6.07, 6.45) is 1.81. The topological polar surface area (TPSA) is 90.1 Å². The molecule has 1 aromatic rings. The maximum atomic E-state index is 11.3. The minimum Gasteiger partial charge on any atom is -0.358 e. The van der Waals surface area contributed by atoms with Gasteiger partial charge in [-0.1, -0.05) is 6.08 Å². The van der Waals surface area contributed by atoms with Gasteiger partial charge in [-0.15, -0.1) is 6.58 Å². The number of nitrogens with zero attached hydrogens (tertiary/aromatic N) is 3. The highest BCUT2D eigenvalue weighted by atomic mass is 16.6. The lowest BCUT2D eigenvalue weighted by atomic mass is 10.4. The van der Waals surface area contributed by atoms with Gasteiger partial charge in [0.25, 0.3) is 0 Å². The smallest absolute Gasteiger partial charge is 0.358 e. The first-order valence-corrected chi connectivity index (χ1v) is 5.11. The van der Waals surface area contributed by atoms with Gasteiger partial charge in [-0.25, -0.2) is 0 Å². The molecule has 0 aliphatic carbocycles. The molecule has 0 aliphatic rings. The van der Waals surface area contributed by atoms with E-state index in [1.807, 2.05) is 0 Å². The van der Waals surface area contributed by atoms with E-state index in [2.05, 4.69) is 17.0 Å². The van der Waals surface area contributed by atoms with Gasteiger partial charge in [-0.3, -0.25) is 4.79 Å². The van der Waals surface area contributed by atoms with Gasteiger partial charge in [-0.05, 0) is 11.8 Å². The summed E-state index contributed by atoms with van der Waals surface area (Å²) >= 11 is 0. The first kappa shape index (κ1) is 12.9. The van der Waals surface area contributed by atoms with E-state index in [0.29, 0.717) is 18.8 Å². The van der Waals surface area contributed by atoms with Crippen molar-refractivity contribution < 1.29 is 9.72 Å². The van der Waals surface area contributed by atoms with Crippen LogP contribution in [0.5, 0.6) is 0 Å². The van der Waals surface area contributed by atoms with Gasteiger partial charge in [0, 0.05) is 13.0 Å². The molecular weight excluding hydrogens is 224 g/mol. The van der Waals surface area contributed by atoms with E-state index in [-0.39, 0.29) is 18.1 Å². The Bertz CT molecular complexity index is 439. The zero-order chi connectivity index (χ0) is 12.8. The van der Waals surface area contributed by atoms with Crippen molar-refractivity contribution >= 4 is 11.7 Å². The maximum absolute atomic E-state index is 11.3. The van der Waals surface area contributed by atoms with Crippen LogP contribution in [0.25, 0.3) is 0 Å². The van der Waals surface area contributed by atoms with Crippen molar-refractivity contribution in [2.75, 3.05) is 6.54 Å². The largest absolute Gasteiger partial charge is 0.390 e. The number of nitro groups is 1. The van der Waals surface area contributed by atoms with Crippen LogP contribution in [0.1, 0.15) is 12.1 Å². The van der Waals surface area contributed by atoms with Crippen LogP contribution in [0, 0.1) is 17.0 Å². The van der Waals surface area contributed by atoms with Gasteiger partial charge in [0.05, 0.1) is 23.4 Å². The number of hydrogen-bond acceptors (Lipinski definition) is 4. The third kappa shape index (κ3) is 3.71. The summed E-state index contributed by atoms with van der Waals surface area (Å²) in [7, 11) is 0. The minimum absolute atomic E-state index is 0.137. The average Bonchev–Trinajstić information content (AvgIpc) is 2.65. The zero-order valence-electron chi connectivity index (χ0n) is 9.55. The molecule has 7 nitrogen and oxygen atoms in total. The van der Waals surface area contributed by atoms with Crippen LogP contribution in [0.2, 0.25) is 0 Å². The molecule has 0 atom stereocenters. The summed E-state index contributed by atoms with van der Waals surface area (Å²) < 4.78 is 1.45. The second kappa shape index (κ2) is 5.78. The highest BCUT2D eigenvalue weighted by Crippen LogP contribution is 2.10. The van der Waals surface area contributed by atoms with Gasteiger partial charge in [0.1, 0.15) is 0 Å². The van der Waals surface area contributed by atoms with Crippen molar-refractivity contribution in [1.29, 1.82) is 0 Å². The first-order chi connectivity index (χ1) is 8.04. The molecule has 0 aliphatic heterocycles. The number of carbonyl (C=O) groups excluding carboxylic acids is 1. The summed E-state index contributed by atoms with van der Waals surface area (Å²) in [4.78, 5) is 21.2. The second-order valence-electron chi connectivity index (χ2n) is 3.47. The highest BCUT2D eigenvalue weighted by molar-refractivity contribution is 5.75. The number of hydrogen-bond donors (Lipinski definition) is 1. The Balaban J connectivity index is 2.54.